The number of Topliss-reactive ketones (excluding diaryl/α,β-unsaturated/α-hetero) is 1. The minimum atomic E-state index is -0.417. The minimum absolute atomic E-state index is 0.00117. The van der Waals surface area contributed by atoms with Crippen LogP contribution in [-0.2, 0) is 4.79 Å². The number of nitrogens with one attached hydrogen (secondary N) is 1. The van der Waals surface area contributed by atoms with E-state index in [4.69, 9.17) is 0 Å². The number of ketones is 1. The molecule has 3 rings (SSSR count). The number of hydrogen-bond donors (Lipinski definition) is 1. The lowest BCUT2D eigenvalue weighted by Gasteiger charge is -2.36. The summed E-state index contributed by atoms with van der Waals surface area (Å²) in [6.45, 7) is 3.58. The number of hydrogen-bond acceptors (Lipinski definition) is 6. The zero-order valence-electron chi connectivity index (χ0n) is 12.7. The molecule has 1 aliphatic heterocycles. The van der Waals surface area contributed by atoms with E-state index in [9.17, 15) is 14.9 Å². The van der Waals surface area contributed by atoms with E-state index in [0.717, 1.165) is 12.2 Å². The molecule has 1 atom stereocenters. The van der Waals surface area contributed by atoms with E-state index in [0.29, 0.717) is 18.8 Å². The Kier molecular flexibility index (Phi) is 4.07. The highest BCUT2D eigenvalue weighted by atomic mass is 16.6. The summed E-state index contributed by atoms with van der Waals surface area (Å²) in [5, 5.41) is 14.5. The number of nitrogens with zero attached hydrogens (tertiary/aromatic N) is 4. The fraction of sp³-hybridized carbons (Fsp3) is 0.333. The third-order valence-electron chi connectivity index (χ3n) is 3.98. The lowest BCUT2D eigenvalue weighted by Crippen LogP contribution is -2.54. The van der Waals surface area contributed by atoms with Crippen LogP contribution >= 0.6 is 0 Å². The van der Waals surface area contributed by atoms with Crippen molar-refractivity contribution in [2.24, 2.45) is 0 Å². The quantitative estimate of drug-likeness (QED) is 0.672. The topological polar surface area (TPSA) is 93.3 Å². The highest BCUT2D eigenvalue weighted by Gasteiger charge is 2.27. The molecule has 0 amide bonds. The van der Waals surface area contributed by atoms with E-state index in [-0.39, 0.29) is 17.5 Å². The Balaban J connectivity index is 2.05. The van der Waals surface area contributed by atoms with Crippen LogP contribution in [0.3, 0.4) is 0 Å². The number of rotatable bonds is 4. The molecule has 0 spiro atoms. The van der Waals surface area contributed by atoms with Gasteiger partial charge >= 0.3 is 0 Å². The zero-order valence-corrected chi connectivity index (χ0v) is 12.7. The van der Waals surface area contributed by atoms with Crippen molar-refractivity contribution in [1.29, 1.82) is 0 Å². The number of nitro benzene ring substituents is 1. The smallest absolute Gasteiger partial charge is 0.293 e. The Morgan fingerprint density at radius 1 is 1.48 bits per heavy atom. The van der Waals surface area contributed by atoms with Crippen LogP contribution in [-0.4, -0.2) is 45.9 Å². The number of anilines is 1. The van der Waals surface area contributed by atoms with Crippen LogP contribution in [0.1, 0.15) is 6.92 Å². The Morgan fingerprint density at radius 3 is 2.96 bits per heavy atom. The van der Waals surface area contributed by atoms with Crippen molar-refractivity contribution in [2.45, 2.75) is 13.0 Å². The predicted octanol–water partition coefficient (Wildman–Crippen LogP) is 1.15. The van der Waals surface area contributed by atoms with Gasteiger partial charge in [0, 0.05) is 43.8 Å². The van der Waals surface area contributed by atoms with E-state index < -0.39 is 4.92 Å². The number of benzene rings is 1. The maximum atomic E-state index is 11.9. The van der Waals surface area contributed by atoms with Crippen LogP contribution in [0.15, 0.2) is 36.9 Å². The van der Waals surface area contributed by atoms with E-state index in [1.54, 1.807) is 36.0 Å². The number of piperazine rings is 1. The molecule has 1 saturated heterocycles. The normalized spacial score (nSPS) is 18.0. The average molecular weight is 315 g/mol. The number of carbonyl (C=O) groups excluding carboxylic acids is 1. The van der Waals surface area contributed by atoms with E-state index in [1.807, 2.05) is 4.90 Å². The minimum Gasteiger partial charge on any atom is -0.359 e. The van der Waals surface area contributed by atoms with Crippen molar-refractivity contribution in [3.63, 3.8) is 0 Å². The van der Waals surface area contributed by atoms with Crippen LogP contribution in [0.4, 0.5) is 11.4 Å². The second-order valence-electron chi connectivity index (χ2n) is 5.42. The Hall–Kier alpha value is -2.74. The highest BCUT2D eigenvalue weighted by Crippen LogP contribution is 2.29. The van der Waals surface area contributed by atoms with Gasteiger partial charge < -0.3 is 14.8 Å². The number of imidazole rings is 1. The average Bonchev–Trinajstić information content (AvgIpc) is 3.08. The van der Waals surface area contributed by atoms with Gasteiger partial charge in [0.1, 0.15) is 5.69 Å². The van der Waals surface area contributed by atoms with Crippen LogP contribution in [0.25, 0.3) is 5.69 Å². The van der Waals surface area contributed by atoms with E-state index in [2.05, 4.69) is 10.3 Å². The van der Waals surface area contributed by atoms with Crippen LogP contribution in [0.5, 0.6) is 0 Å². The lowest BCUT2D eigenvalue weighted by atomic mass is 10.1. The fourth-order valence-electron chi connectivity index (χ4n) is 2.83. The first-order chi connectivity index (χ1) is 11.1. The van der Waals surface area contributed by atoms with Crippen molar-refractivity contribution in [3.8, 4) is 5.69 Å². The van der Waals surface area contributed by atoms with E-state index in [1.165, 1.54) is 12.4 Å². The number of carbonyl (C=O) groups is 1. The summed E-state index contributed by atoms with van der Waals surface area (Å²) in [5.74, 6) is 0.0692. The first kappa shape index (κ1) is 15.2. The first-order valence-corrected chi connectivity index (χ1v) is 7.32. The Labute approximate surface area is 132 Å². The molecule has 1 aromatic carbocycles. The van der Waals surface area contributed by atoms with Gasteiger partial charge in [-0.05, 0) is 19.1 Å². The molecular formula is C15H17N5O3. The van der Waals surface area contributed by atoms with Crippen molar-refractivity contribution in [3.05, 3.63) is 47.0 Å². The SMILES string of the molecule is CC(=O)C1CNCCN1c1ccc([N+](=O)[O-])c(-n2ccnc2)c1. The van der Waals surface area contributed by atoms with Crippen LogP contribution in [0.2, 0.25) is 0 Å². The largest absolute Gasteiger partial charge is 0.359 e. The summed E-state index contributed by atoms with van der Waals surface area (Å²) in [6.07, 6.45) is 4.75. The van der Waals surface area contributed by atoms with Crippen molar-refractivity contribution in [1.82, 2.24) is 14.9 Å². The molecule has 1 aromatic heterocycles. The van der Waals surface area contributed by atoms with Gasteiger partial charge in [-0.1, -0.05) is 0 Å². The Morgan fingerprint density at radius 2 is 2.30 bits per heavy atom. The lowest BCUT2D eigenvalue weighted by molar-refractivity contribution is -0.384. The highest BCUT2D eigenvalue weighted by molar-refractivity contribution is 5.86. The van der Waals surface area contributed by atoms with Crippen LogP contribution in [0, 0.1) is 10.1 Å². The monoisotopic (exact) mass is 315 g/mol. The fourth-order valence-corrected chi connectivity index (χ4v) is 2.83. The summed E-state index contributed by atoms with van der Waals surface area (Å²) < 4.78 is 1.60. The summed E-state index contributed by atoms with van der Waals surface area (Å²) in [7, 11) is 0. The molecule has 0 aliphatic carbocycles. The van der Waals surface area contributed by atoms with Crippen LogP contribution < -0.4 is 10.2 Å². The summed E-state index contributed by atoms with van der Waals surface area (Å²) in [6, 6.07) is 4.64. The maximum Gasteiger partial charge on any atom is 0.293 e. The summed E-state index contributed by atoms with van der Waals surface area (Å²) in [5.41, 5.74) is 1.23. The van der Waals surface area contributed by atoms with Gasteiger partial charge in [0.2, 0.25) is 0 Å². The molecule has 8 nitrogen and oxygen atoms in total. The molecule has 1 aliphatic rings. The molecule has 0 bridgehead atoms. The van der Waals surface area contributed by atoms with Gasteiger partial charge in [0.15, 0.2) is 5.78 Å². The molecule has 1 N–H and O–H groups in total. The van der Waals surface area contributed by atoms with Gasteiger partial charge in [0.05, 0.1) is 17.3 Å². The van der Waals surface area contributed by atoms with Gasteiger partial charge in [-0.3, -0.25) is 14.9 Å². The molecule has 2 aromatic rings. The molecule has 120 valence electrons. The van der Waals surface area contributed by atoms with Crippen molar-refractivity contribution < 1.29 is 9.72 Å². The number of aromatic nitrogens is 2. The third-order valence-corrected chi connectivity index (χ3v) is 3.98. The third kappa shape index (κ3) is 2.93. The molecular weight excluding hydrogens is 298 g/mol. The number of nitro groups is 1. The molecule has 2 heterocycles. The molecule has 0 saturated carbocycles. The molecule has 0 radical (unpaired) electrons. The second kappa shape index (κ2) is 6.17. The van der Waals surface area contributed by atoms with E-state index >= 15 is 0 Å². The molecule has 8 heteroatoms. The molecule has 1 unspecified atom stereocenters. The van der Waals surface area contributed by atoms with Gasteiger partial charge in [-0.15, -0.1) is 0 Å². The maximum absolute atomic E-state index is 11.9. The molecule has 23 heavy (non-hydrogen) atoms. The van der Waals surface area contributed by atoms with Crippen molar-refractivity contribution in [2.75, 3.05) is 24.5 Å². The van der Waals surface area contributed by atoms with Gasteiger partial charge in [0.25, 0.3) is 5.69 Å². The zero-order chi connectivity index (χ0) is 16.4. The van der Waals surface area contributed by atoms with Gasteiger partial charge in [-0.2, -0.15) is 0 Å². The first-order valence-electron chi connectivity index (χ1n) is 7.32. The van der Waals surface area contributed by atoms with Gasteiger partial charge in [-0.25, -0.2) is 4.98 Å². The summed E-state index contributed by atoms with van der Waals surface area (Å²) in [4.78, 5) is 28.7. The Bertz CT molecular complexity index is 729. The standard InChI is InChI=1S/C15H17N5O3/c1-11(21)15-9-16-5-7-19(15)12-2-3-13(20(22)23)14(8-12)18-6-4-17-10-18/h2-4,6,8,10,15-16H,5,7,9H2,1H3. The second-order valence-corrected chi connectivity index (χ2v) is 5.42. The van der Waals surface area contributed by atoms with Crippen molar-refractivity contribution >= 4 is 17.2 Å². The summed E-state index contributed by atoms with van der Waals surface area (Å²) >= 11 is 0. The molecule has 1 fully saturated rings. The predicted molar refractivity (Wildman–Crippen MR) is 84.9 cm³/mol.